The van der Waals surface area contributed by atoms with Crippen molar-refractivity contribution in [2.75, 3.05) is 19.6 Å². The zero-order valence-corrected chi connectivity index (χ0v) is 26.6. The summed E-state index contributed by atoms with van der Waals surface area (Å²) in [6.07, 6.45) is 3.00. The number of likely N-dealkylation sites (tertiary alicyclic amines) is 1. The smallest absolute Gasteiger partial charge is 0.305 e. The summed E-state index contributed by atoms with van der Waals surface area (Å²) in [6, 6.07) is 16.8. The van der Waals surface area contributed by atoms with E-state index < -0.39 is 5.97 Å². The van der Waals surface area contributed by atoms with Crippen LogP contribution in [0.2, 0.25) is 20.1 Å². The molecule has 1 aliphatic heterocycles. The number of carbonyl (C=O) groups excluding carboxylic acids is 2. The summed E-state index contributed by atoms with van der Waals surface area (Å²) in [5.41, 5.74) is 10.1. The predicted octanol–water partition coefficient (Wildman–Crippen LogP) is 7.00. The van der Waals surface area contributed by atoms with Gasteiger partial charge in [-0.3, -0.25) is 19.4 Å². The monoisotopic (exact) mass is 674 g/mol. The molecule has 1 fully saturated rings. The van der Waals surface area contributed by atoms with Gasteiger partial charge in [-0.15, -0.1) is 0 Å². The molecule has 2 amide bonds. The number of nitrogens with two attached hydrogens (primary N) is 1. The molecule has 0 bridgehead atoms. The SMILES string of the molecule is NC(=CC(=NCc1ccc(C(=O)NCCC(=O)O)cc1)C1CCN(C(=O)c2cc(Cl)cc(Cl)c2)CC1)c1cc(Cl)cc(Cl)c1. The molecule has 3 aromatic carbocycles. The fraction of sp³-hybridized carbons (Fsp3) is 0.250. The molecule has 4 N–H and O–H groups in total. The van der Waals surface area contributed by atoms with E-state index >= 15 is 0 Å². The zero-order chi connectivity index (χ0) is 31.8. The Kier molecular flexibility index (Phi) is 11.7. The van der Waals surface area contributed by atoms with Crippen LogP contribution >= 0.6 is 46.4 Å². The van der Waals surface area contributed by atoms with Gasteiger partial charge in [0, 0.05) is 73.7 Å². The molecule has 0 unspecified atom stereocenters. The molecule has 0 atom stereocenters. The third-order valence-corrected chi connectivity index (χ3v) is 7.97. The highest BCUT2D eigenvalue weighted by molar-refractivity contribution is 6.35. The molecule has 12 heteroatoms. The first-order valence-electron chi connectivity index (χ1n) is 13.8. The first-order chi connectivity index (χ1) is 21.0. The first kappa shape index (κ1) is 33.3. The number of nitrogens with zero attached hydrogens (tertiary/aromatic N) is 2. The summed E-state index contributed by atoms with van der Waals surface area (Å²) in [5, 5.41) is 13.1. The molecule has 44 heavy (non-hydrogen) atoms. The average Bonchev–Trinajstić information content (AvgIpc) is 2.98. The first-order valence-corrected chi connectivity index (χ1v) is 15.3. The minimum absolute atomic E-state index is 0.0227. The lowest BCUT2D eigenvalue weighted by atomic mass is 9.90. The number of rotatable bonds is 10. The Morgan fingerprint density at radius 3 is 1.95 bits per heavy atom. The summed E-state index contributed by atoms with van der Waals surface area (Å²) in [7, 11) is 0. The molecule has 1 saturated heterocycles. The normalized spacial score (nSPS) is 14.4. The summed E-state index contributed by atoms with van der Waals surface area (Å²) in [5.74, 6) is -1.44. The van der Waals surface area contributed by atoms with Gasteiger partial charge < -0.3 is 21.1 Å². The maximum absolute atomic E-state index is 13.1. The quantitative estimate of drug-likeness (QED) is 0.200. The molecule has 0 radical (unpaired) electrons. The Labute approximate surface area is 275 Å². The van der Waals surface area contributed by atoms with E-state index in [9.17, 15) is 14.4 Å². The minimum atomic E-state index is -0.981. The summed E-state index contributed by atoms with van der Waals surface area (Å²) in [6.45, 7) is 1.40. The fourth-order valence-corrected chi connectivity index (χ4v) is 5.88. The van der Waals surface area contributed by atoms with Gasteiger partial charge in [0.05, 0.1) is 13.0 Å². The minimum Gasteiger partial charge on any atom is -0.481 e. The van der Waals surface area contributed by atoms with Gasteiger partial charge in [0.2, 0.25) is 0 Å². The van der Waals surface area contributed by atoms with Crippen molar-refractivity contribution in [3.8, 4) is 0 Å². The second-order valence-corrected chi connectivity index (χ2v) is 12.1. The summed E-state index contributed by atoms with van der Waals surface area (Å²) in [4.78, 5) is 42.8. The van der Waals surface area contributed by atoms with Crippen LogP contribution in [0.5, 0.6) is 0 Å². The van der Waals surface area contributed by atoms with Gasteiger partial charge in [-0.2, -0.15) is 0 Å². The number of hydrogen-bond acceptors (Lipinski definition) is 5. The van der Waals surface area contributed by atoms with Crippen molar-refractivity contribution >= 4 is 75.6 Å². The number of allylic oxidation sites excluding steroid dienone is 1. The van der Waals surface area contributed by atoms with Crippen LogP contribution in [0, 0.1) is 5.92 Å². The van der Waals surface area contributed by atoms with Crippen molar-refractivity contribution in [3.63, 3.8) is 0 Å². The van der Waals surface area contributed by atoms with Gasteiger partial charge in [0.15, 0.2) is 0 Å². The van der Waals surface area contributed by atoms with Crippen LogP contribution in [-0.4, -0.2) is 53.1 Å². The van der Waals surface area contributed by atoms with Crippen molar-refractivity contribution in [1.82, 2.24) is 10.2 Å². The van der Waals surface area contributed by atoms with Crippen LogP contribution < -0.4 is 11.1 Å². The number of halogens is 4. The highest BCUT2D eigenvalue weighted by Gasteiger charge is 2.26. The Balaban J connectivity index is 1.51. The topological polar surface area (TPSA) is 125 Å². The highest BCUT2D eigenvalue weighted by atomic mass is 35.5. The van der Waals surface area contributed by atoms with E-state index in [1.807, 2.05) is 6.08 Å². The van der Waals surface area contributed by atoms with Gasteiger partial charge in [-0.1, -0.05) is 58.5 Å². The van der Waals surface area contributed by atoms with Crippen molar-refractivity contribution in [1.29, 1.82) is 0 Å². The average molecular weight is 676 g/mol. The van der Waals surface area contributed by atoms with Gasteiger partial charge in [-0.25, -0.2) is 0 Å². The van der Waals surface area contributed by atoms with E-state index in [0.717, 1.165) is 11.3 Å². The van der Waals surface area contributed by atoms with E-state index in [4.69, 9.17) is 62.2 Å². The van der Waals surface area contributed by atoms with Crippen molar-refractivity contribution in [2.24, 2.45) is 16.6 Å². The number of aliphatic carboxylic acids is 1. The lowest BCUT2D eigenvalue weighted by molar-refractivity contribution is -0.136. The van der Waals surface area contributed by atoms with Gasteiger partial charge in [0.1, 0.15) is 0 Å². The van der Waals surface area contributed by atoms with Crippen LogP contribution in [0.4, 0.5) is 0 Å². The number of benzene rings is 3. The maximum atomic E-state index is 13.1. The van der Waals surface area contributed by atoms with Crippen LogP contribution in [0.3, 0.4) is 0 Å². The molecule has 4 rings (SSSR count). The number of piperidine rings is 1. The molecule has 0 spiro atoms. The van der Waals surface area contributed by atoms with E-state index in [-0.39, 0.29) is 30.7 Å². The summed E-state index contributed by atoms with van der Waals surface area (Å²) < 4.78 is 0. The largest absolute Gasteiger partial charge is 0.481 e. The van der Waals surface area contributed by atoms with E-state index in [0.29, 0.717) is 75.0 Å². The second-order valence-electron chi connectivity index (χ2n) is 10.3. The molecule has 1 aliphatic rings. The molecule has 0 aliphatic carbocycles. The Morgan fingerprint density at radius 1 is 0.864 bits per heavy atom. The Morgan fingerprint density at radius 2 is 1.41 bits per heavy atom. The van der Waals surface area contributed by atoms with Crippen molar-refractivity contribution in [2.45, 2.75) is 25.8 Å². The molecule has 3 aromatic rings. The van der Waals surface area contributed by atoms with E-state index in [1.165, 1.54) is 0 Å². The lowest BCUT2D eigenvalue weighted by Gasteiger charge is -2.32. The number of nitrogens with one attached hydrogen (secondary N) is 1. The van der Waals surface area contributed by atoms with Crippen LogP contribution in [0.25, 0.3) is 5.70 Å². The Hall–Kier alpha value is -3.56. The van der Waals surface area contributed by atoms with Gasteiger partial charge in [-0.05, 0) is 73.0 Å². The van der Waals surface area contributed by atoms with Crippen molar-refractivity contribution in [3.05, 3.63) is 109 Å². The maximum Gasteiger partial charge on any atom is 0.305 e. The second kappa shape index (κ2) is 15.4. The van der Waals surface area contributed by atoms with E-state index in [2.05, 4.69) is 5.32 Å². The number of amides is 2. The lowest BCUT2D eigenvalue weighted by Crippen LogP contribution is -2.40. The molecular formula is C32H30Cl4N4O4. The van der Waals surface area contributed by atoms with E-state index in [1.54, 1.807) is 65.6 Å². The molecule has 230 valence electrons. The molecule has 1 heterocycles. The van der Waals surface area contributed by atoms with Crippen molar-refractivity contribution < 1.29 is 19.5 Å². The third-order valence-electron chi connectivity index (χ3n) is 7.09. The van der Waals surface area contributed by atoms with Gasteiger partial charge >= 0.3 is 5.97 Å². The van der Waals surface area contributed by atoms with Gasteiger partial charge in [0.25, 0.3) is 11.8 Å². The zero-order valence-electron chi connectivity index (χ0n) is 23.5. The van der Waals surface area contributed by atoms with Crippen LogP contribution in [0.15, 0.2) is 71.7 Å². The molecular weight excluding hydrogens is 646 g/mol. The number of carbonyl (C=O) groups is 3. The number of carboxylic acids is 1. The number of aliphatic imine (C=N–C) groups is 1. The highest BCUT2D eigenvalue weighted by Crippen LogP contribution is 2.27. The molecule has 8 nitrogen and oxygen atoms in total. The number of hydrogen-bond donors (Lipinski definition) is 3. The Bertz CT molecular complexity index is 1560. The van der Waals surface area contributed by atoms with Crippen LogP contribution in [-0.2, 0) is 11.3 Å². The molecule has 0 saturated carbocycles. The predicted molar refractivity (Wildman–Crippen MR) is 176 cm³/mol. The summed E-state index contributed by atoms with van der Waals surface area (Å²) >= 11 is 24.6. The number of carboxylic acid groups (broad SMARTS) is 1. The van der Waals surface area contributed by atoms with Crippen LogP contribution in [0.1, 0.15) is 51.1 Å². The fourth-order valence-electron chi connectivity index (χ4n) is 4.82. The standard InChI is InChI=1S/C32H30Cl4N4O4/c33-24-11-22(12-25(34)15-24)28(37)17-29(39-18-19-1-3-21(4-2-19)31(43)38-8-5-30(41)42)20-6-9-40(10-7-20)32(44)23-13-26(35)16-27(36)14-23/h1-4,11-17,20H,5-10,18,37H2,(H,38,43)(H,41,42). The molecule has 0 aromatic heterocycles. The third kappa shape index (κ3) is 9.47.